The fraction of sp³-hybridized carbons (Fsp3) is 0. The summed E-state index contributed by atoms with van der Waals surface area (Å²) in [4.78, 5) is 12.0. The van der Waals surface area contributed by atoms with Gasteiger partial charge >= 0.3 is 0 Å². The Balaban J connectivity index is 1.42. The fourth-order valence-corrected chi connectivity index (χ4v) is 3.87. The highest BCUT2D eigenvalue weighted by Gasteiger charge is 2.15. The van der Waals surface area contributed by atoms with Crippen molar-refractivity contribution in [1.29, 1.82) is 0 Å². The van der Waals surface area contributed by atoms with Gasteiger partial charge in [-0.05, 0) is 59.6 Å². The molecule has 0 atom stereocenters. The lowest BCUT2D eigenvalue weighted by Crippen LogP contribution is -2.19. The SMILES string of the molecule is NC(=O)c1nnsc1-c1ccc(NC(=S)Nc2ccc(-c3ccno3)c(Cl)c2)cc1. The molecule has 150 valence electrons. The van der Waals surface area contributed by atoms with Gasteiger partial charge in [0.1, 0.15) is 0 Å². The first kappa shape index (κ1) is 20.0. The van der Waals surface area contributed by atoms with Gasteiger partial charge in [0.15, 0.2) is 16.6 Å². The predicted molar refractivity (Wildman–Crippen MR) is 121 cm³/mol. The van der Waals surface area contributed by atoms with E-state index in [9.17, 15) is 4.79 Å². The molecule has 2 heterocycles. The van der Waals surface area contributed by atoms with Crippen molar-refractivity contribution in [3.63, 3.8) is 0 Å². The number of thiocarbonyl (C=S) groups is 1. The van der Waals surface area contributed by atoms with E-state index in [1.807, 2.05) is 36.4 Å². The molecule has 4 N–H and O–H groups in total. The third kappa shape index (κ3) is 4.30. The summed E-state index contributed by atoms with van der Waals surface area (Å²) < 4.78 is 8.92. The van der Waals surface area contributed by atoms with Gasteiger partial charge in [0, 0.05) is 23.0 Å². The number of halogens is 1. The molecular weight excluding hydrogens is 444 g/mol. The average molecular weight is 457 g/mol. The van der Waals surface area contributed by atoms with Crippen LogP contribution in [0.2, 0.25) is 5.02 Å². The molecule has 0 aliphatic carbocycles. The Hall–Kier alpha value is -3.34. The Kier molecular flexibility index (Phi) is 5.70. The number of hydrogen-bond acceptors (Lipinski definition) is 7. The molecule has 0 radical (unpaired) electrons. The molecule has 0 saturated carbocycles. The van der Waals surface area contributed by atoms with E-state index in [0.717, 1.165) is 34.0 Å². The number of aromatic nitrogens is 3. The van der Waals surface area contributed by atoms with Crippen LogP contribution in [0, 0.1) is 0 Å². The van der Waals surface area contributed by atoms with E-state index in [1.165, 1.54) is 0 Å². The Bertz CT molecular complexity index is 1210. The third-order valence-electron chi connectivity index (χ3n) is 4.06. The number of hydrogen-bond donors (Lipinski definition) is 3. The summed E-state index contributed by atoms with van der Waals surface area (Å²) in [5, 5.41) is 14.5. The van der Waals surface area contributed by atoms with Gasteiger partial charge in [0.25, 0.3) is 5.91 Å². The highest BCUT2D eigenvalue weighted by Crippen LogP contribution is 2.30. The molecule has 8 nitrogen and oxygen atoms in total. The van der Waals surface area contributed by atoms with Gasteiger partial charge in [0.05, 0.1) is 16.1 Å². The van der Waals surface area contributed by atoms with Gasteiger partial charge in [-0.15, -0.1) is 5.10 Å². The van der Waals surface area contributed by atoms with Gasteiger partial charge < -0.3 is 20.9 Å². The molecule has 0 aliphatic heterocycles. The Morgan fingerprint density at radius 1 is 1.10 bits per heavy atom. The average Bonchev–Trinajstić information content (AvgIpc) is 3.41. The predicted octanol–water partition coefficient (Wildman–Crippen LogP) is 4.42. The van der Waals surface area contributed by atoms with Crippen LogP contribution in [0.5, 0.6) is 0 Å². The molecule has 4 rings (SSSR count). The zero-order chi connectivity index (χ0) is 21.1. The lowest BCUT2D eigenvalue weighted by molar-refractivity contribution is 0.0996. The molecule has 0 bridgehead atoms. The largest absolute Gasteiger partial charge is 0.364 e. The number of amides is 1. The molecule has 2 aromatic carbocycles. The first-order valence-electron chi connectivity index (χ1n) is 8.52. The summed E-state index contributed by atoms with van der Waals surface area (Å²) in [5.74, 6) is -0.0257. The number of carbonyl (C=O) groups excluding carboxylic acids is 1. The van der Waals surface area contributed by atoms with Crippen LogP contribution in [0.4, 0.5) is 11.4 Å². The van der Waals surface area contributed by atoms with Crippen molar-refractivity contribution < 1.29 is 9.32 Å². The summed E-state index contributed by atoms with van der Waals surface area (Å²) in [7, 11) is 0. The van der Waals surface area contributed by atoms with Crippen LogP contribution < -0.4 is 16.4 Å². The number of carbonyl (C=O) groups is 1. The summed E-state index contributed by atoms with van der Waals surface area (Å²) in [6.07, 6.45) is 1.56. The first-order chi connectivity index (χ1) is 14.5. The number of nitrogens with two attached hydrogens (primary N) is 1. The minimum atomic E-state index is -0.612. The second kappa shape index (κ2) is 8.57. The van der Waals surface area contributed by atoms with Gasteiger partial charge in [-0.3, -0.25) is 4.79 Å². The highest BCUT2D eigenvalue weighted by molar-refractivity contribution is 7.80. The minimum Gasteiger partial charge on any atom is -0.364 e. The van der Waals surface area contributed by atoms with E-state index < -0.39 is 5.91 Å². The van der Waals surface area contributed by atoms with Gasteiger partial charge in [-0.2, -0.15) is 0 Å². The van der Waals surface area contributed by atoms with E-state index in [4.69, 9.17) is 34.1 Å². The number of rotatable bonds is 5. The lowest BCUT2D eigenvalue weighted by Gasteiger charge is -2.12. The Morgan fingerprint density at radius 2 is 1.83 bits per heavy atom. The Labute approximate surface area is 185 Å². The van der Waals surface area contributed by atoms with Crippen molar-refractivity contribution >= 4 is 57.7 Å². The summed E-state index contributed by atoms with van der Waals surface area (Å²) in [6, 6.07) is 14.5. The summed E-state index contributed by atoms with van der Waals surface area (Å²) >= 11 is 12.8. The van der Waals surface area contributed by atoms with Crippen molar-refractivity contribution in [3.8, 4) is 21.8 Å². The second-order valence-electron chi connectivity index (χ2n) is 6.04. The van der Waals surface area contributed by atoms with E-state index >= 15 is 0 Å². The first-order valence-corrected chi connectivity index (χ1v) is 10.1. The molecule has 0 unspecified atom stereocenters. The van der Waals surface area contributed by atoms with E-state index in [1.54, 1.807) is 18.3 Å². The monoisotopic (exact) mass is 456 g/mol. The van der Waals surface area contributed by atoms with Crippen LogP contribution in [-0.4, -0.2) is 25.8 Å². The number of nitrogens with one attached hydrogen (secondary N) is 2. The molecule has 0 aliphatic rings. The van der Waals surface area contributed by atoms with E-state index in [-0.39, 0.29) is 5.69 Å². The molecule has 30 heavy (non-hydrogen) atoms. The number of primary amides is 1. The molecule has 0 spiro atoms. The maximum Gasteiger partial charge on any atom is 0.270 e. The number of benzene rings is 2. The third-order valence-corrected chi connectivity index (χ3v) is 5.35. The maximum atomic E-state index is 11.4. The molecule has 0 fully saturated rings. The highest BCUT2D eigenvalue weighted by atomic mass is 35.5. The van der Waals surface area contributed by atoms with E-state index in [0.29, 0.717) is 20.8 Å². The van der Waals surface area contributed by atoms with Crippen LogP contribution in [0.3, 0.4) is 0 Å². The zero-order valence-electron chi connectivity index (χ0n) is 15.1. The number of nitrogens with zero attached hydrogens (tertiary/aromatic N) is 3. The second-order valence-corrected chi connectivity index (χ2v) is 7.61. The van der Waals surface area contributed by atoms with Crippen LogP contribution in [-0.2, 0) is 0 Å². The molecular formula is C19H13ClN6O2S2. The number of anilines is 2. The minimum absolute atomic E-state index is 0.156. The van der Waals surface area contributed by atoms with Crippen molar-refractivity contribution in [3.05, 3.63) is 65.4 Å². The van der Waals surface area contributed by atoms with Gasteiger partial charge in [-0.25, -0.2) is 0 Å². The van der Waals surface area contributed by atoms with Crippen LogP contribution in [0.25, 0.3) is 21.8 Å². The van der Waals surface area contributed by atoms with Crippen molar-refractivity contribution in [2.24, 2.45) is 5.73 Å². The van der Waals surface area contributed by atoms with Crippen molar-refractivity contribution in [2.45, 2.75) is 0 Å². The summed E-state index contributed by atoms with van der Waals surface area (Å²) in [6.45, 7) is 0. The van der Waals surface area contributed by atoms with E-state index in [2.05, 4.69) is 25.4 Å². The normalized spacial score (nSPS) is 10.6. The van der Waals surface area contributed by atoms with Crippen molar-refractivity contribution in [2.75, 3.05) is 10.6 Å². The van der Waals surface area contributed by atoms with Crippen LogP contribution in [0.1, 0.15) is 10.5 Å². The quantitative estimate of drug-likeness (QED) is 0.377. The van der Waals surface area contributed by atoms with Crippen LogP contribution in [0.15, 0.2) is 59.3 Å². The maximum absolute atomic E-state index is 11.4. The molecule has 1 amide bonds. The molecule has 11 heteroatoms. The summed E-state index contributed by atoms with van der Waals surface area (Å²) in [5.41, 5.74) is 8.49. The molecule has 4 aromatic rings. The molecule has 2 aromatic heterocycles. The van der Waals surface area contributed by atoms with Gasteiger partial charge in [-0.1, -0.05) is 33.4 Å². The Morgan fingerprint density at radius 3 is 2.50 bits per heavy atom. The lowest BCUT2D eigenvalue weighted by atomic mass is 10.1. The zero-order valence-corrected chi connectivity index (χ0v) is 17.5. The van der Waals surface area contributed by atoms with Gasteiger partial charge in [0.2, 0.25) is 0 Å². The fourth-order valence-electron chi connectivity index (χ4n) is 2.69. The van der Waals surface area contributed by atoms with Crippen LogP contribution >= 0.6 is 35.4 Å². The van der Waals surface area contributed by atoms with Crippen molar-refractivity contribution in [1.82, 2.24) is 14.7 Å². The standard InChI is InChI=1S/C19H13ClN6O2S2/c20-14-9-12(5-6-13(14)15-7-8-22-28-15)24-19(29)23-11-3-1-10(2-4-11)17-16(18(21)27)25-26-30-17/h1-9H,(H2,21,27)(H2,23,24,29). The smallest absolute Gasteiger partial charge is 0.270 e. The topological polar surface area (TPSA) is 119 Å². The molecule has 0 saturated heterocycles.